The minimum Gasteiger partial charge on any atom is -0.494 e. The zero-order chi connectivity index (χ0) is 19.2. The Balaban J connectivity index is 2.15. The predicted octanol–water partition coefficient (Wildman–Crippen LogP) is 3.39. The molecule has 26 heavy (non-hydrogen) atoms. The average molecular weight is 364 g/mol. The highest BCUT2D eigenvalue weighted by Crippen LogP contribution is 2.20. The topological polar surface area (TPSA) is 79.9 Å². The summed E-state index contributed by atoms with van der Waals surface area (Å²) < 4.78 is 43.7. The van der Waals surface area contributed by atoms with Crippen LogP contribution in [0.15, 0.2) is 42.2 Å². The second-order valence-electron chi connectivity index (χ2n) is 5.11. The second kappa shape index (κ2) is 8.20. The monoisotopic (exact) mass is 364 g/mol. The predicted molar refractivity (Wildman–Crippen MR) is 88.1 cm³/mol. The van der Waals surface area contributed by atoms with Crippen LogP contribution in [0.2, 0.25) is 0 Å². The van der Waals surface area contributed by atoms with E-state index in [-0.39, 0.29) is 11.4 Å². The van der Waals surface area contributed by atoms with Crippen molar-refractivity contribution in [2.75, 3.05) is 11.9 Å². The number of anilines is 1. The van der Waals surface area contributed by atoms with Gasteiger partial charge < -0.3 is 14.6 Å². The Morgan fingerprint density at radius 2 is 2.08 bits per heavy atom. The summed E-state index contributed by atoms with van der Waals surface area (Å²) in [7, 11) is 0. The van der Waals surface area contributed by atoms with Crippen LogP contribution >= 0.6 is 0 Å². The van der Waals surface area contributed by atoms with E-state index in [0.717, 1.165) is 23.0 Å². The van der Waals surface area contributed by atoms with Crippen molar-refractivity contribution in [3.05, 3.63) is 48.1 Å². The number of amides is 1. The van der Waals surface area contributed by atoms with Gasteiger partial charge in [-0.3, -0.25) is 4.79 Å². The van der Waals surface area contributed by atoms with Gasteiger partial charge in [0.05, 0.1) is 6.61 Å². The maximum Gasteiger partial charge on any atom is 0.406 e. The van der Waals surface area contributed by atoms with Gasteiger partial charge >= 0.3 is 6.18 Å². The summed E-state index contributed by atoms with van der Waals surface area (Å²) in [4.78, 5) is 15.9. The Bertz CT molecular complexity index is 833. The Hall–Kier alpha value is -3.28. The van der Waals surface area contributed by atoms with Gasteiger partial charge in [-0.2, -0.15) is 18.4 Å². The lowest BCUT2D eigenvalue weighted by molar-refractivity contribution is -0.140. The van der Waals surface area contributed by atoms with Gasteiger partial charge in [0.1, 0.15) is 29.8 Å². The standard InChI is InChI=1S/C17H15F3N4O2/c1-2-26-14-5-3-13(4-6-14)23-16(25)12(10-21)9-15-22-7-8-24(15)11-17(18,19)20/h3-9H,2,11H2,1H3,(H,23,25)/b12-9-. The number of rotatable bonds is 6. The maximum absolute atomic E-state index is 12.5. The molecule has 6 nitrogen and oxygen atoms in total. The molecule has 0 aliphatic carbocycles. The number of imidazole rings is 1. The summed E-state index contributed by atoms with van der Waals surface area (Å²) in [6.45, 7) is 1.07. The molecular formula is C17H15F3N4O2. The van der Waals surface area contributed by atoms with Gasteiger partial charge in [-0.15, -0.1) is 0 Å². The van der Waals surface area contributed by atoms with E-state index in [0.29, 0.717) is 18.0 Å². The van der Waals surface area contributed by atoms with Crippen molar-refractivity contribution in [3.63, 3.8) is 0 Å². The normalized spacial score (nSPS) is 11.7. The Labute approximate surface area is 147 Å². The van der Waals surface area contributed by atoms with Crippen LogP contribution in [-0.4, -0.2) is 28.2 Å². The largest absolute Gasteiger partial charge is 0.494 e. The van der Waals surface area contributed by atoms with Gasteiger partial charge in [0, 0.05) is 24.2 Å². The van der Waals surface area contributed by atoms with Crippen LogP contribution in [0.4, 0.5) is 18.9 Å². The number of nitrogens with one attached hydrogen (secondary N) is 1. The summed E-state index contributed by atoms with van der Waals surface area (Å²) in [5.74, 6) is -0.269. The fraction of sp³-hybridized carbons (Fsp3) is 0.235. The van der Waals surface area contributed by atoms with E-state index in [9.17, 15) is 18.0 Å². The molecule has 1 aromatic heterocycles. The number of carbonyl (C=O) groups excluding carboxylic acids is 1. The number of nitrogens with zero attached hydrogens (tertiary/aromatic N) is 3. The fourth-order valence-corrected chi connectivity index (χ4v) is 2.07. The van der Waals surface area contributed by atoms with E-state index < -0.39 is 18.6 Å². The van der Waals surface area contributed by atoms with Crippen LogP contribution in [0.5, 0.6) is 5.75 Å². The molecule has 0 saturated carbocycles. The minimum absolute atomic E-state index is 0.138. The molecule has 0 aliphatic rings. The smallest absolute Gasteiger partial charge is 0.406 e. The number of alkyl halides is 3. The summed E-state index contributed by atoms with van der Waals surface area (Å²) >= 11 is 0. The number of benzene rings is 1. The van der Waals surface area contributed by atoms with E-state index in [4.69, 9.17) is 10.00 Å². The van der Waals surface area contributed by atoms with Crippen molar-refractivity contribution in [2.24, 2.45) is 0 Å². The number of nitriles is 1. The van der Waals surface area contributed by atoms with Crippen molar-refractivity contribution >= 4 is 17.7 Å². The molecule has 9 heteroatoms. The zero-order valence-corrected chi connectivity index (χ0v) is 13.7. The van der Waals surface area contributed by atoms with Crippen molar-refractivity contribution < 1.29 is 22.7 Å². The van der Waals surface area contributed by atoms with Crippen LogP contribution in [0.1, 0.15) is 12.7 Å². The lowest BCUT2D eigenvalue weighted by Gasteiger charge is -2.09. The summed E-state index contributed by atoms with van der Waals surface area (Å²) in [5.41, 5.74) is 0.0479. The first-order valence-electron chi connectivity index (χ1n) is 7.56. The van der Waals surface area contributed by atoms with Crippen LogP contribution in [0.25, 0.3) is 6.08 Å². The van der Waals surface area contributed by atoms with Gasteiger partial charge in [0.2, 0.25) is 0 Å². The SMILES string of the molecule is CCOc1ccc(NC(=O)/C(C#N)=C\c2nccn2CC(F)(F)F)cc1. The van der Waals surface area contributed by atoms with Crippen LogP contribution in [0, 0.1) is 11.3 Å². The Kier molecular flexibility index (Phi) is 6.01. The van der Waals surface area contributed by atoms with Crippen LogP contribution < -0.4 is 10.1 Å². The van der Waals surface area contributed by atoms with Gasteiger partial charge in [-0.25, -0.2) is 4.98 Å². The molecule has 136 valence electrons. The lowest BCUT2D eigenvalue weighted by atomic mass is 10.2. The molecule has 0 fully saturated rings. The molecule has 0 saturated heterocycles. The van der Waals surface area contributed by atoms with Crippen LogP contribution in [-0.2, 0) is 11.3 Å². The number of hydrogen-bond donors (Lipinski definition) is 1. The quantitative estimate of drug-likeness (QED) is 0.629. The molecule has 2 rings (SSSR count). The molecule has 1 heterocycles. The third-order valence-corrected chi connectivity index (χ3v) is 3.16. The van der Waals surface area contributed by atoms with E-state index in [1.165, 1.54) is 0 Å². The molecule has 1 amide bonds. The molecule has 1 N–H and O–H groups in total. The first-order valence-corrected chi connectivity index (χ1v) is 7.56. The average Bonchev–Trinajstić information content (AvgIpc) is 2.99. The molecule has 0 atom stereocenters. The molecular weight excluding hydrogens is 349 g/mol. The lowest BCUT2D eigenvalue weighted by Crippen LogP contribution is -2.18. The Morgan fingerprint density at radius 3 is 2.65 bits per heavy atom. The van der Waals surface area contributed by atoms with Gasteiger partial charge in [-0.05, 0) is 31.2 Å². The highest BCUT2D eigenvalue weighted by Gasteiger charge is 2.28. The van der Waals surface area contributed by atoms with Crippen molar-refractivity contribution in [1.29, 1.82) is 5.26 Å². The number of ether oxygens (including phenoxy) is 1. The highest BCUT2D eigenvalue weighted by molar-refractivity contribution is 6.09. The van der Waals surface area contributed by atoms with E-state index in [1.807, 2.05) is 6.92 Å². The van der Waals surface area contributed by atoms with Gasteiger partial charge in [-0.1, -0.05) is 0 Å². The van der Waals surface area contributed by atoms with Gasteiger partial charge in [0.25, 0.3) is 5.91 Å². The molecule has 2 aromatic rings. The molecule has 0 bridgehead atoms. The first kappa shape index (κ1) is 19.1. The minimum atomic E-state index is -4.44. The molecule has 0 unspecified atom stereocenters. The highest BCUT2D eigenvalue weighted by atomic mass is 19.4. The van der Waals surface area contributed by atoms with E-state index in [1.54, 1.807) is 30.3 Å². The third kappa shape index (κ3) is 5.37. The molecule has 0 spiro atoms. The molecule has 0 radical (unpaired) electrons. The zero-order valence-electron chi connectivity index (χ0n) is 13.7. The fourth-order valence-electron chi connectivity index (χ4n) is 2.07. The van der Waals surface area contributed by atoms with Crippen molar-refractivity contribution in [1.82, 2.24) is 9.55 Å². The van der Waals surface area contributed by atoms with Gasteiger partial charge in [0.15, 0.2) is 0 Å². The summed E-state index contributed by atoms with van der Waals surface area (Å²) in [6, 6.07) is 8.13. The van der Waals surface area contributed by atoms with Crippen LogP contribution in [0.3, 0.4) is 0 Å². The number of aromatic nitrogens is 2. The maximum atomic E-state index is 12.5. The van der Waals surface area contributed by atoms with E-state index >= 15 is 0 Å². The molecule has 0 aliphatic heterocycles. The van der Waals surface area contributed by atoms with E-state index in [2.05, 4.69) is 10.3 Å². The molecule has 1 aromatic carbocycles. The second-order valence-corrected chi connectivity index (χ2v) is 5.11. The summed E-state index contributed by atoms with van der Waals surface area (Å²) in [6.07, 6.45) is -1.15. The summed E-state index contributed by atoms with van der Waals surface area (Å²) in [5, 5.41) is 11.7. The Morgan fingerprint density at radius 1 is 1.38 bits per heavy atom. The van der Waals surface area contributed by atoms with Crippen molar-refractivity contribution in [2.45, 2.75) is 19.6 Å². The number of carbonyl (C=O) groups is 1. The number of hydrogen-bond acceptors (Lipinski definition) is 4. The first-order chi connectivity index (χ1) is 12.3. The number of halogens is 3. The third-order valence-electron chi connectivity index (χ3n) is 3.16. The van der Waals surface area contributed by atoms with Crippen molar-refractivity contribution in [3.8, 4) is 11.8 Å².